The Hall–Kier alpha value is -1.70. The number of rotatable bonds is 4. The molecule has 7 nitrogen and oxygen atoms in total. The Morgan fingerprint density at radius 1 is 1.38 bits per heavy atom. The highest BCUT2D eigenvalue weighted by Gasteiger charge is 2.36. The van der Waals surface area contributed by atoms with Gasteiger partial charge in [0.25, 0.3) is 11.5 Å². The number of carbonyl (C=O) groups is 2. The maximum Gasteiger partial charge on any atom is 0.283 e. The monoisotopic (exact) mass is 354 g/mol. The summed E-state index contributed by atoms with van der Waals surface area (Å²) >= 11 is 3.25. The molecule has 21 heavy (non-hydrogen) atoms. The van der Waals surface area contributed by atoms with E-state index in [1.54, 1.807) is 0 Å². The fourth-order valence-corrected chi connectivity index (χ4v) is 2.72. The van der Waals surface area contributed by atoms with Crippen LogP contribution in [0.5, 0.6) is 0 Å². The zero-order chi connectivity index (χ0) is 15.1. The van der Waals surface area contributed by atoms with Crippen molar-refractivity contribution in [2.24, 2.45) is 5.92 Å². The highest BCUT2D eigenvalue weighted by Crippen LogP contribution is 2.30. The van der Waals surface area contributed by atoms with Gasteiger partial charge in [0.15, 0.2) is 0 Å². The average molecular weight is 355 g/mol. The summed E-state index contributed by atoms with van der Waals surface area (Å²) in [5, 5.41) is 7.05. The van der Waals surface area contributed by atoms with Gasteiger partial charge in [-0.2, -0.15) is 5.10 Å². The van der Waals surface area contributed by atoms with E-state index in [1.807, 2.05) is 0 Å². The van der Waals surface area contributed by atoms with Crippen molar-refractivity contribution < 1.29 is 9.59 Å². The number of amides is 2. The van der Waals surface area contributed by atoms with Crippen molar-refractivity contribution in [2.75, 3.05) is 12.4 Å². The summed E-state index contributed by atoms with van der Waals surface area (Å²) in [7, 11) is 1.45. The molecule has 1 aromatic heterocycles. The highest BCUT2D eigenvalue weighted by atomic mass is 79.9. The van der Waals surface area contributed by atoms with Crippen LogP contribution in [0.25, 0.3) is 0 Å². The van der Waals surface area contributed by atoms with Gasteiger partial charge >= 0.3 is 0 Å². The number of likely N-dealkylation sites (tertiary alicyclic amines) is 1. The minimum atomic E-state index is -0.640. The van der Waals surface area contributed by atoms with E-state index in [9.17, 15) is 14.4 Å². The molecule has 0 bridgehead atoms. The van der Waals surface area contributed by atoms with E-state index >= 15 is 0 Å². The van der Waals surface area contributed by atoms with Gasteiger partial charge in [-0.25, -0.2) is 4.68 Å². The first-order valence-electron chi connectivity index (χ1n) is 6.80. The Labute approximate surface area is 129 Å². The molecule has 112 valence electrons. The van der Waals surface area contributed by atoms with Crippen LogP contribution in [0, 0.1) is 5.92 Å². The van der Waals surface area contributed by atoms with Gasteiger partial charge in [0.1, 0.15) is 10.5 Å². The second kappa shape index (κ2) is 5.25. The fraction of sp³-hybridized carbons (Fsp3) is 0.538. The van der Waals surface area contributed by atoms with Crippen LogP contribution >= 0.6 is 15.9 Å². The number of nitrogens with zero attached hydrogens (tertiary/aromatic N) is 3. The number of hydrogen-bond donors (Lipinski definition) is 1. The van der Waals surface area contributed by atoms with E-state index in [-0.39, 0.29) is 23.8 Å². The lowest BCUT2D eigenvalue weighted by molar-refractivity contribution is -0.136. The van der Waals surface area contributed by atoms with Crippen molar-refractivity contribution in [3.8, 4) is 0 Å². The van der Waals surface area contributed by atoms with Crippen molar-refractivity contribution >= 4 is 33.4 Å². The summed E-state index contributed by atoms with van der Waals surface area (Å²) in [6, 6.07) is -0.640. The molecule has 1 saturated carbocycles. The predicted molar refractivity (Wildman–Crippen MR) is 78.7 cm³/mol. The van der Waals surface area contributed by atoms with Crippen molar-refractivity contribution in [3.05, 3.63) is 21.0 Å². The van der Waals surface area contributed by atoms with Gasteiger partial charge in [-0.3, -0.25) is 19.3 Å². The Bertz CT molecular complexity index is 668. The van der Waals surface area contributed by atoms with Crippen LogP contribution in [0.3, 0.4) is 0 Å². The summed E-state index contributed by atoms with van der Waals surface area (Å²) in [6.45, 7) is 0.626. The topological polar surface area (TPSA) is 84.3 Å². The number of anilines is 1. The Morgan fingerprint density at radius 2 is 2.10 bits per heavy atom. The first-order valence-corrected chi connectivity index (χ1v) is 7.59. The number of carbonyl (C=O) groups excluding carboxylic acids is 2. The first kappa shape index (κ1) is 14.2. The molecule has 2 amide bonds. The smallest absolute Gasteiger partial charge is 0.283 e. The molecule has 3 rings (SSSR count). The molecule has 1 unspecified atom stereocenters. The van der Waals surface area contributed by atoms with Gasteiger partial charge in [0.05, 0.1) is 18.3 Å². The number of hydrogen-bond acceptors (Lipinski definition) is 5. The Balaban J connectivity index is 1.80. The van der Waals surface area contributed by atoms with Crippen LogP contribution in [0.4, 0.5) is 5.69 Å². The predicted octanol–water partition coefficient (Wildman–Crippen LogP) is 0.585. The molecule has 2 fully saturated rings. The molecule has 1 aromatic rings. The van der Waals surface area contributed by atoms with Crippen molar-refractivity contribution in [2.45, 2.75) is 31.8 Å². The third kappa shape index (κ3) is 2.72. The molecule has 2 aliphatic rings. The molecule has 0 radical (unpaired) electrons. The van der Waals surface area contributed by atoms with E-state index in [4.69, 9.17) is 0 Å². The second-order valence-corrected chi connectivity index (χ2v) is 6.29. The summed E-state index contributed by atoms with van der Waals surface area (Å²) in [5.41, 5.74) is 0.213. The van der Waals surface area contributed by atoms with Crippen molar-refractivity contribution in [3.63, 3.8) is 0 Å². The minimum absolute atomic E-state index is 0.0902. The molecule has 2 heterocycles. The van der Waals surface area contributed by atoms with Crippen LogP contribution in [0.15, 0.2) is 15.5 Å². The number of nitrogens with one attached hydrogen (secondary N) is 1. The third-order valence-corrected chi connectivity index (χ3v) is 4.59. The summed E-state index contributed by atoms with van der Waals surface area (Å²) < 4.78 is 1.77. The van der Waals surface area contributed by atoms with Gasteiger partial charge in [0, 0.05) is 13.6 Å². The van der Waals surface area contributed by atoms with Gasteiger partial charge in [-0.15, -0.1) is 0 Å². The normalized spacial score (nSPS) is 22.0. The van der Waals surface area contributed by atoms with Gasteiger partial charge in [-0.1, -0.05) is 0 Å². The van der Waals surface area contributed by atoms with Gasteiger partial charge < -0.3 is 5.32 Å². The van der Waals surface area contributed by atoms with E-state index in [0.717, 1.165) is 17.7 Å². The number of imide groups is 1. The van der Waals surface area contributed by atoms with E-state index in [2.05, 4.69) is 26.3 Å². The second-order valence-electron chi connectivity index (χ2n) is 5.49. The minimum Gasteiger partial charge on any atom is -0.371 e. The SMILES string of the molecule is CN1C(=O)CC(Nc2cnn(CC3CC3)c(=O)c2Br)C1=O. The summed E-state index contributed by atoms with van der Waals surface area (Å²) in [5.74, 6) is 0.0151. The number of halogens is 1. The molecule has 1 aliphatic heterocycles. The first-order chi connectivity index (χ1) is 9.97. The van der Waals surface area contributed by atoms with Crippen molar-refractivity contribution in [1.29, 1.82) is 0 Å². The van der Waals surface area contributed by atoms with Crippen LogP contribution in [-0.4, -0.2) is 39.6 Å². The molecule has 1 aliphatic carbocycles. The van der Waals surface area contributed by atoms with Gasteiger partial charge in [0.2, 0.25) is 5.91 Å². The number of aromatic nitrogens is 2. The van der Waals surface area contributed by atoms with Crippen molar-refractivity contribution in [1.82, 2.24) is 14.7 Å². The van der Waals surface area contributed by atoms with Crippen LogP contribution in [-0.2, 0) is 16.1 Å². The lowest BCUT2D eigenvalue weighted by atomic mass is 10.2. The zero-order valence-electron chi connectivity index (χ0n) is 11.5. The molecular weight excluding hydrogens is 340 g/mol. The molecule has 1 N–H and O–H groups in total. The highest BCUT2D eigenvalue weighted by molar-refractivity contribution is 9.10. The average Bonchev–Trinajstić information content (AvgIpc) is 3.24. The molecular formula is C13H15BrN4O3. The van der Waals surface area contributed by atoms with Gasteiger partial charge in [-0.05, 0) is 34.7 Å². The molecule has 0 spiro atoms. The van der Waals surface area contributed by atoms with Crippen LogP contribution < -0.4 is 10.9 Å². The standard InChI is InChI=1S/C13H15BrN4O3/c1-17-10(19)4-8(12(17)20)16-9-5-15-18(6-7-2-3-7)13(21)11(9)14/h5,7-8,16H,2-4,6H2,1H3. The van der Waals surface area contributed by atoms with E-state index in [0.29, 0.717) is 22.6 Å². The van der Waals surface area contributed by atoms with Crippen LogP contribution in [0.1, 0.15) is 19.3 Å². The molecule has 1 saturated heterocycles. The molecule has 0 aromatic carbocycles. The lowest BCUT2D eigenvalue weighted by Gasteiger charge is -2.14. The third-order valence-electron chi connectivity index (χ3n) is 3.82. The maximum absolute atomic E-state index is 12.2. The van der Waals surface area contributed by atoms with E-state index < -0.39 is 6.04 Å². The largest absolute Gasteiger partial charge is 0.371 e. The maximum atomic E-state index is 12.2. The fourth-order valence-electron chi connectivity index (χ4n) is 2.30. The quantitative estimate of drug-likeness (QED) is 0.799. The number of likely N-dealkylation sites (N-methyl/N-ethyl adjacent to an activating group) is 1. The Morgan fingerprint density at radius 3 is 2.67 bits per heavy atom. The Kier molecular flexibility index (Phi) is 3.56. The van der Waals surface area contributed by atoms with Crippen LogP contribution in [0.2, 0.25) is 0 Å². The molecule has 1 atom stereocenters. The summed E-state index contributed by atoms with van der Waals surface area (Å²) in [4.78, 5) is 36.6. The summed E-state index contributed by atoms with van der Waals surface area (Å²) in [6.07, 6.45) is 3.88. The lowest BCUT2D eigenvalue weighted by Crippen LogP contribution is -2.33. The van der Waals surface area contributed by atoms with E-state index in [1.165, 1.54) is 17.9 Å². The molecule has 8 heteroatoms. The zero-order valence-corrected chi connectivity index (χ0v) is 13.1.